The summed E-state index contributed by atoms with van der Waals surface area (Å²) in [5.41, 5.74) is 0.193. The van der Waals surface area contributed by atoms with Gasteiger partial charge in [0.25, 0.3) is 0 Å². The van der Waals surface area contributed by atoms with Gasteiger partial charge in [-0.05, 0) is 24.3 Å². The van der Waals surface area contributed by atoms with Crippen molar-refractivity contribution in [1.82, 2.24) is 0 Å². The van der Waals surface area contributed by atoms with Crippen LogP contribution in [0.4, 0.5) is 0 Å². The first-order chi connectivity index (χ1) is 9.13. The molecule has 0 aromatic heterocycles. The van der Waals surface area contributed by atoms with Gasteiger partial charge in [0, 0.05) is 7.11 Å². The number of ether oxygens (including phenoxy) is 3. The van der Waals surface area contributed by atoms with Crippen molar-refractivity contribution < 1.29 is 28.9 Å². The number of carbonyl (C=O) groups excluding carboxylic acids is 1. The summed E-state index contributed by atoms with van der Waals surface area (Å²) in [4.78, 5) is 21.7. The molecule has 0 bridgehead atoms. The standard InChI is InChI=1S/C13H16O6/c1-17-7-6-12(14)19-9-8-18-11-4-2-10(3-5-11)13(15)16/h2-5H,6-9H2,1H3,(H,15,16). The van der Waals surface area contributed by atoms with Crippen molar-refractivity contribution in [2.45, 2.75) is 6.42 Å². The Balaban J connectivity index is 2.22. The van der Waals surface area contributed by atoms with Gasteiger partial charge in [0.15, 0.2) is 0 Å². The van der Waals surface area contributed by atoms with Gasteiger partial charge >= 0.3 is 11.9 Å². The van der Waals surface area contributed by atoms with Crippen LogP contribution in [0.3, 0.4) is 0 Å². The number of hydrogen-bond acceptors (Lipinski definition) is 5. The van der Waals surface area contributed by atoms with Crippen LogP contribution in [0.5, 0.6) is 5.75 Å². The van der Waals surface area contributed by atoms with Crippen LogP contribution in [0, 0.1) is 0 Å². The fourth-order valence-electron chi connectivity index (χ4n) is 1.27. The van der Waals surface area contributed by atoms with Gasteiger partial charge in [0.2, 0.25) is 0 Å². The summed E-state index contributed by atoms with van der Waals surface area (Å²) < 4.78 is 14.9. The summed E-state index contributed by atoms with van der Waals surface area (Å²) in [6.07, 6.45) is 0.212. The molecular weight excluding hydrogens is 252 g/mol. The Kier molecular flexibility index (Phi) is 6.38. The van der Waals surface area contributed by atoms with E-state index in [2.05, 4.69) is 0 Å². The highest BCUT2D eigenvalue weighted by Crippen LogP contribution is 2.11. The first kappa shape index (κ1) is 15.0. The minimum atomic E-state index is -0.987. The monoisotopic (exact) mass is 268 g/mol. The van der Waals surface area contributed by atoms with Crippen LogP contribution in [0.2, 0.25) is 0 Å². The van der Waals surface area contributed by atoms with E-state index >= 15 is 0 Å². The van der Waals surface area contributed by atoms with E-state index in [1.54, 1.807) is 12.1 Å². The predicted molar refractivity (Wildman–Crippen MR) is 66.3 cm³/mol. The van der Waals surface area contributed by atoms with Gasteiger partial charge in [0.1, 0.15) is 19.0 Å². The summed E-state index contributed by atoms with van der Waals surface area (Å²) in [5, 5.41) is 8.71. The van der Waals surface area contributed by atoms with Crippen LogP contribution < -0.4 is 4.74 Å². The quantitative estimate of drug-likeness (QED) is 0.566. The van der Waals surface area contributed by atoms with E-state index in [1.165, 1.54) is 19.2 Å². The SMILES string of the molecule is COCCC(=O)OCCOc1ccc(C(=O)O)cc1. The van der Waals surface area contributed by atoms with Crippen molar-refractivity contribution in [3.05, 3.63) is 29.8 Å². The summed E-state index contributed by atoms with van der Waals surface area (Å²) >= 11 is 0. The molecule has 1 rings (SSSR count). The molecule has 0 spiro atoms. The molecular formula is C13H16O6. The van der Waals surface area contributed by atoms with Gasteiger partial charge in [0.05, 0.1) is 18.6 Å². The maximum atomic E-state index is 11.1. The summed E-state index contributed by atoms with van der Waals surface area (Å²) in [6, 6.07) is 6.00. The third-order valence-electron chi connectivity index (χ3n) is 2.23. The van der Waals surface area contributed by atoms with Gasteiger partial charge in [-0.3, -0.25) is 4.79 Å². The van der Waals surface area contributed by atoms with Crippen molar-refractivity contribution in [3.63, 3.8) is 0 Å². The van der Waals surface area contributed by atoms with Crippen molar-refractivity contribution in [1.29, 1.82) is 0 Å². The molecule has 0 aliphatic rings. The average molecular weight is 268 g/mol. The highest BCUT2D eigenvalue weighted by Gasteiger charge is 2.03. The Morgan fingerprint density at radius 2 is 1.79 bits per heavy atom. The molecule has 104 valence electrons. The number of aromatic carboxylic acids is 1. The first-order valence-corrected chi connectivity index (χ1v) is 5.74. The summed E-state index contributed by atoms with van der Waals surface area (Å²) in [6.45, 7) is 0.685. The van der Waals surface area contributed by atoms with Crippen LogP contribution in [-0.4, -0.2) is 44.0 Å². The molecule has 0 saturated heterocycles. The molecule has 0 atom stereocenters. The zero-order chi connectivity index (χ0) is 14.1. The van der Waals surface area contributed by atoms with Crippen molar-refractivity contribution in [2.75, 3.05) is 26.9 Å². The second kappa shape index (κ2) is 8.10. The van der Waals surface area contributed by atoms with Crippen molar-refractivity contribution in [3.8, 4) is 5.75 Å². The maximum Gasteiger partial charge on any atom is 0.335 e. The fourth-order valence-corrected chi connectivity index (χ4v) is 1.27. The molecule has 1 aromatic carbocycles. The highest BCUT2D eigenvalue weighted by atomic mass is 16.6. The lowest BCUT2D eigenvalue weighted by molar-refractivity contribution is -0.145. The fraction of sp³-hybridized carbons (Fsp3) is 0.385. The zero-order valence-corrected chi connectivity index (χ0v) is 10.6. The van der Waals surface area contributed by atoms with Crippen LogP contribution in [0.25, 0.3) is 0 Å². The molecule has 0 radical (unpaired) electrons. The van der Waals surface area contributed by atoms with E-state index in [1.807, 2.05) is 0 Å². The molecule has 0 unspecified atom stereocenters. The van der Waals surface area contributed by atoms with Gasteiger partial charge < -0.3 is 19.3 Å². The number of rotatable bonds is 8. The molecule has 6 nitrogen and oxygen atoms in total. The van der Waals surface area contributed by atoms with E-state index in [0.717, 1.165) is 0 Å². The Bertz CT molecular complexity index is 412. The molecule has 1 N–H and O–H groups in total. The third kappa shape index (κ3) is 5.87. The van der Waals surface area contributed by atoms with Gasteiger partial charge in [-0.15, -0.1) is 0 Å². The van der Waals surface area contributed by atoms with Crippen molar-refractivity contribution in [2.24, 2.45) is 0 Å². The van der Waals surface area contributed by atoms with E-state index in [9.17, 15) is 9.59 Å². The number of carboxylic acid groups (broad SMARTS) is 1. The highest BCUT2D eigenvalue weighted by molar-refractivity contribution is 5.87. The predicted octanol–water partition coefficient (Wildman–Crippen LogP) is 1.34. The summed E-state index contributed by atoms with van der Waals surface area (Å²) in [5.74, 6) is -0.803. The number of esters is 1. The minimum Gasteiger partial charge on any atom is -0.490 e. The molecule has 19 heavy (non-hydrogen) atoms. The van der Waals surface area contributed by atoms with E-state index in [0.29, 0.717) is 12.4 Å². The lowest BCUT2D eigenvalue weighted by Gasteiger charge is -2.07. The van der Waals surface area contributed by atoms with Crippen LogP contribution in [-0.2, 0) is 14.3 Å². The smallest absolute Gasteiger partial charge is 0.335 e. The Hall–Kier alpha value is -2.08. The lowest BCUT2D eigenvalue weighted by Crippen LogP contribution is -2.13. The van der Waals surface area contributed by atoms with Gasteiger partial charge in [-0.2, -0.15) is 0 Å². The Labute approximate surface area is 110 Å². The first-order valence-electron chi connectivity index (χ1n) is 5.74. The van der Waals surface area contributed by atoms with Crippen LogP contribution in [0.15, 0.2) is 24.3 Å². The number of carbonyl (C=O) groups is 2. The number of hydrogen-bond donors (Lipinski definition) is 1. The van der Waals surface area contributed by atoms with E-state index in [4.69, 9.17) is 19.3 Å². The maximum absolute atomic E-state index is 11.1. The molecule has 0 aliphatic carbocycles. The Morgan fingerprint density at radius 1 is 1.11 bits per heavy atom. The van der Waals surface area contributed by atoms with Gasteiger partial charge in [-0.25, -0.2) is 4.79 Å². The number of methoxy groups -OCH3 is 1. The average Bonchev–Trinajstić information content (AvgIpc) is 2.41. The third-order valence-corrected chi connectivity index (χ3v) is 2.23. The summed E-state index contributed by atoms with van der Waals surface area (Å²) in [7, 11) is 1.51. The topological polar surface area (TPSA) is 82.1 Å². The molecule has 6 heteroatoms. The van der Waals surface area contributed by atoms with Crippen molar-refractivity contribution >= 4 is 11.9 Å². The normalized spacial score (nSPS) is 9.95. The second-order valence-electron chi connectivity index (χ2n) is 3.64. The minimum absolute atomic E-state index is 0.142. The zero-order valence-electron chi connectivity index (χ0n) is 10.6. The van der Waals surface area contributed by atoms with Gasteiger partial charge in [-0.1, -0.05) is 0 Å². The van der Waals surface area contributed by atoms with E-state index < -0.39 is 5.97 Å². The lowest BCUT2D eigenvalue weighted by atomic mass is 10.2. The molecule has 0 saturated carbocycles. The molecule has 0 aliphatic heterocycles. The second-order valence-corrected chi connectivity index (χ2v) is 3.64. The molecule has 1 aromatic rings. The largest absolute Gasteiger partial charge is 0.490 e. The Morgan fingerprint density at radius 3 is 2.37 bits per heavy atom. The molecule has 0 heterocycles. The number of carboxylic acids is 1. The molecule has 0 fully saturated rings. The van der Waals surface area contributed by atoms with Crippen LogP contribution >= 0.6 is 0 Å². The van der Waals surface area contributed by atoms with E-state index in [-0.39, 0.29) is 31.2 Å². The van der Waals surface area contributed by atoms with Crippen LogP contribution in [0.1, 0.15) is 16.8 Å². The number of benzene rings is 1. The molecule has 0 amide bonds.